The summed E-state index contributed by atoms with van der Waals surface area (Å²) in [4.78, 5) is 0. The van der Waals surface area contributed by atoms with Crippen LogP contribution in [0, 0.1) is 0 Å². The average Bonchev–Trinajstić information content (AvgIpc) is 2.50. The number of aliphatic hydroxyl groups excluding tert-OH is 1. The van der Waals surface area contributed by atoms with Crippen molar-refractivity contribution in [3.8, 4) is 0 Å². The van der Waals surface area contributed by atoms with Gasteiger partial charge in [0.05, 0.1) is 6.10 Å². The van der Waals surface area contributed by atoms with E-state index in [0.717, 1.165) is 16.3 Å². The van der Waals surface area contributed by atoms with Gasteiger partial charge in [0, 0.05) is 22.6 Å². The van der Waals surface area contributed by atoms with Crippen molar-refractivity contribution in [2.75, 3.05) is 5.75 Å². The van der Waals surface area contributed by atoms with E-state index in [4.69, 9.17) is 17.3 Å². The lowest BCUT2D eigenvalue weighted by molar-refractivity contribution is 0.167. The second kappa shape index (κ2) is 8.44. The molecule has 2 rings (SSSR count). The van der Waals surface area contributed by atoms with Crippen LogP contribution in [0.2, 0.25) is 5.02 Å². The van der Waals surface area contributed by atoms with Crippen LogP contribution in [0.4, 0.5) is 0 Å². The Morgan fingerprint density at radius 3 is 2.33 bits per heavy atom. The third kappa shape index (κ3) is 5.71. The second-order valence-corrected chi connectivity index (χ2v) is 6.53. The van der Waals surface area contributed by atoms with Crippen molar-refractivity contribution in [2.45, 2.75) is 24.3 Å². The van der Waals surface area contributed by atoms with Crippen LogP contribution in [0.5, 0.6) is 0 Å². The highest BCUT2D eigenvalue weighted by molar-refractivity contribution is 7.98. The quantitative estimate of drug-likeness (QED) is 0.820. The molecule has 21 heavy (non-hydrogen) atoms. The Labute approximate surface area is 135 Å². The van der Waals surface area contributed by atoms with Crippen molar-refractivity contribution in [3.05, 3.63) is 70.7 Å². The van der Waals surface area contributed by atoms with Gasteiger partial charge >= 0.3 is 0 Å². The van der Waals surface area contributed by atoms with Gasteiger partial charge in [-0.2, -0.15) is 11.8 Å². The zero-order valence-corrected chi connectivity index (χ0v) is 13.4. The molecule has 0 saturated carbocycles. The number of benzene rings is 2. The number of thioether (sulfide) groups is 1. The Morgan fingerprint density at radius 2 is 1.67 bits per heavy atom. The minimum absolute atomic E-state index is 0.231. The van der Waals surface area contributed by atoms with Crippen LogP contribution in [0.25, 0.3) is 0 Å². The standard InChI is InChI=1S/C17H20ClNOS/c18-15-8-6-14(7-9-15)11-21-12-17(20)16(19)10-13-4-2-1-3-5-13/h1-9,16-17,20H,10-12,19H2. The third-order valence-corrected chi connectivity index (χ3v) is 4.65. The molecule has 2 nitrogen and oxygen atoms in total. The minimum Gasteiger partial charge on any atom is -0.391 e. The molecule has 0 saturated heterocycles. The Bertz CT molecular complexity index is 532. The molecule has 2 aromatic carbocycles. The molecule has 0 amide bonds. The molecule has 0 aliphatic carbocycles. The Kier molecular flexibility index (Phi) is 6.58. The first-order valence-corrected chi connectivity index (χ1v) is 8.48. The molecule has 3 N–H and O–H groups in total. The van der Waals surface area contributed by atoms with E-state index in [0.29, 0.717) is 12.2 Å². The first-order valence-electron chi connectivity index (χ1n) is 6.95. The lowest BCUT2D eigenvalue weighted by atomic mass is 10.0. The van der Waals surface area contributed by atoms with Crippen LogP contribution < -0.4 is 5.73 Å². The zero-order valence-electron chi connectivity index (χ0n) is 11.8. The predicted octanol–water partition coefficient (Wildman–Crippen LogP) is 3.50. The van der Waals surface area contributed by atoms with Crippen LogP contribution in [0.1, 0.15) is 11.1 Å². The van der Waals surface area contributed by atoms with Crippen molar-refractivity contribution >= 4 is 23.4 Å². The highest BCUT2D eigenvalue weighted by atomic mass is 35.5. The number of hydrogen-bond donors (Lipinski definition) is 2. The predicted molar refractivity (Wildman–Crippen MR) is 91.7 cm³/mol. The van der Waals surface area contributed by atoms with E-state index >= 15 is 0 Å². The molecule has 2 unspecified atom stereocenters. The number of nitrogens with two attached hydrogens (primary N) is 1. The van der Waals surface area contributed by atoms with E-state index < -0.39 is 6.10 Å². The third-order valence-electron chi connectivity index (χ3n) is 3.28. The molecule has 0 heterocycles. The maximum Gasteiger partial charge on any atom is 0.0784 e. The molecule has 0 aliphatic heterocycles. The van der Waals surface area contributed by atoms with Gasteiger partial charge in [-0.3, -0.25) is 0 Å². The van der Waals surface area contributed by atoms with E-state index in [2.05, 4.69) is 0 Å². The fourth-order valence-electron chi connectivity index (χ4n) is 2.02. The van der Waals surface area contributed by atoms with Gasteiger partial charge in [0.25, 0.3) is 0 Å². The SMILES string of the molecule is NC(Cc1ccccc1)C(O)CSCc1ccc(Cl)cc1. The summed E-state index contributed by atoms with van der Waals surface area (Å²) >= 11 is 7.54. The molecule has 4 heteroatoms. The van der Waals surface area contributed by atoms with Crippen molar-refractivity contribution in [3.63, 3.8) is 0 Å². The normalized spacial score (nSPS) is 13.9. The number of aliphatic hydroxyl groups is 1. The molecule has 2 atom stereocenters. The van der Waals surface area contributed by atoms with Crippen molar-refractivity contribution in [2.24, 2.45) is 5.73 Å². The van der Waals surface area contributed by atoms with Crippen LogP contribution in [-0.4, -0.2) is 23.0 Å². The summed E-state index contributed by atoms with van der Waals surface area (Å²) in [6.45, 7) is 0. The number of halogens is 1. The smallest absolute Gasteiger partial charge is 0.0784 e. The molecule has 0 fully saturated rings. The number of rotatable bonds is 7. The summed E-state index contributed by atoms with van der Waals surface area (Å²) < 4.78 is 0. The zero-order chi connectivity index (χ0) is 15.1. The van der Waals surface area contributed by atoms with E-state index in [9.17, 15) is 5.11 Å². The molecule has 0 spiro atoms. The van der Waals surface area contributed by atoms with Gasteiger partial charge in [-0.05, 0) is 29.7 Å². The summed E-state index contributed by atoms with van der Waals surface area (Å²) in [7, 11) is 0. The monoisotopic (exact) mass is 321 g/mol. The van der Waals surface area contributed by atoms with E-state index in [-0.39, 0.29) is 6.04 Å². The lowest BCUT2D eigenvalue weighted by Crippen LogP contribution is -2.38. The van der Waals surface area contributed by atoms with Gasteiger partial charge in [0.2, 0.25) is 0 Å². The first-order chi connectivity index (χ1) is 10.1. The first kappa shape index (κ1) is 16.4. The van der Waals surface area contributed by atoms with Gasteiger partial charge in [0.15, 0.2) is 0 Å². The van der Waals surface area contributed by atoms with Gasteiger partial charge in [0.1, 0.15) is 0 Å². The number of hydrogen-bond acceptors (Lipinski definition) is 3. The fraction of sp³-hybridized carbons (Fsp3) is 0.294. The van der Waals surface area contributed by atoms with Gasteiger partial charge < -0.3 is 10.8 Å². The van der Waals surface area contributed by atoms with Gasteiger partial charge in [-0.15, -0.1) is 0 Å². The van der Waals surface area contributed by atoms with Gasteiger partial charge in [-0.25, -0.2) is 0 Å². The highest BCUT2D eigenvalue weighted by Crippen LogP contribution is 2.17. The van der Waals surface area contributed by atoms with Crippen LogP contribution in [0.15, 0.2) is 54.6 Å². The summed E-state index contributed by atoms with van der Waals surface area (Å²) in [6.07, 6.45) is 0.200. The Morgan fingerprint density at radius 1 is 1.00 bits per heavy atom. The maximum atomic E-state index is 10.1. The average molecular weight is 322 g/mol. The van der Waals surface area contributed by atoms with Crippen molar-refractivity contribution < 1.29 is 5.11 Å². The van der Waals surface area contributed by atoms with E-state index in [1.165, 1.54) is 5.56 Å². The molecular weight excluding hydrogens is 302 g/mol. The minimum atomic E-state index is -0.498. The molecule has 0 radical (unpaired) electrons. The topological polar surface area (TPSA) is 46.2 Å². The lowest BCUT2D eigenvalue weighted by Gasteiger charge is -2.18. The summed E-state index contributed by atoms with van der Waals surface area (Å²) in [5, 5.41) is 10.9. The fourth-order valence-corrected chi connectivity index (χ4v) is 3.18. The Hall–Kier alpha value is -1.00. The molecule has 0 aromatic heterocycles. The largest absolute Gasteiger partial charge is 0.391 e. The molecule has 2 aromatic rings. The summed E-state index contributed by atoms with van der Waals surface area (Å²) in [5.74, 6) is 1.49. The van der Waals surface area contributed by atoms with E-state index in [1.807, 2.05) is 54.6 Å². The van der Waals surface area contributed by atoms with Crippen LogP contribution in [0.3, 0.4) is 0 Å². The molecule has 112 valence electrons. The van der Waals surface area contributed by atoms with Crippen LogP contribution in [-0.2, 0) is 12.2 Å². The molecule has 0 aliphatic rings. The van der Waals surface area contributed by atoms with Gasteiger partial charge in [-0.1, -0.05) is 54.1 Å². The molecule has 0 bridgehead atoms. The highest BCUT2D eigenvalue weighted by Gasteiger charge is 2.15. The van der Waals surface area contributed by atoms with E-state index in [1.54, 1.807) is 11.8 Å². The second-order valence-electron chi connectivity index (χ2n) is 5.06. The maximum absolute atomic E-state index is 10.1. The van der Waals surface area contributed by atoms with Crippen molar-refractivity contribution in [1.82, 2.24) is 0 Å². The Balaban J connectivity index is 1.73. The van der Waals surface area contributed by atoms with Crippen LogP contribution >= 0.6 is 23.4 Å². The summed E-state index contributed by atoms with van der Waals surface area (Å²) in [5.41, 5.74) is 8.43. The van der Waals surface area contributed by atoms with Crippen molar-refractivity contribution in [1.29, 1.82) is 0 Å². The summed E-state index contributed by atoms with van der Waals surface area (Å²) in [6, 6.07) is 17.6. The molecular formula is C17H20ClNOS.